The summed E-state index contributed by atoms with van der Waals surface area (Å²) >= 11 is 0. The average Bonchev–Trinajstić information content (AvgIpc) is 0.816. The zero-order valence-electron chi connectivity index (χ0n) is 82.4. The van der Waals surface area contributed by atoms with Crippen molar-refractivity contribution >= 4 is 151 Å². The second-order valence-electron chi connectivity index (χ2n) is 36.5. The third-order valence-electron chi connectivity index (χ3n) is 24.7. The zero-order valence-corrected chi connectivity index (χ0v) is 87.8. The Morgan fingerprint density at radius 2 is 0.865 bits per heavy atom. The van der Waals surface area contributed by atoms with Crippen LogP contribution in [0.2, 0.25) is 0 Å². The number of aliphatic hydroxyl groups is 2. The lowest BCUT2D eigenvalue weighted by Crippen LogP contribution is -2.42. The molecule has 2 fully saturated rings. The van der Waals surface area contributed by atoms with Gasteiger partial charge in [-0.25, -0.2) is 75.5 Å². The summed E-state index contributed by atoms with van der Waals surface area (Å²) in [4.78, 5) is 190. The van der Waals surface area contributed by atoms with Gasteiger partial charge in [-0.3, -0.25) is 46.5 Å². The maximum Gasteiger partial charge on any atom is 0.487 e. The van der Waals surface area contributed by atoms with Crippen LogP contribution < -0.4 is 52.3 Å². The molecule has 0 spiro atoms. The highest BCUT2D eigenvalue weighted by Crippen LogP contribution is 2.67. The topological polar surface area (TPSA) is 711 Å². The van der Waals surface area contributed by atoms with E-state index < -0.39 is 121 Å². The highest BCUT2D eigenvalue weighted by molar-refractivity contribution is 7.67. The van der Waals surface area contributed by atoms with E-state index in [9.17, 15) is 95.7 Å². The molecule has 0 saturated carbocycles. The number of phosphoric ester groups is 2. The van der Waals surface area contributed by atoms with Gasteiger partial charge in [-0.15, -0.1) is 0 Å². The Kier molecular flexibility index (Phi) is 35.1. The first-order chi connectivity index (χ1) is 69.3. The molecule has 4 aromatic carbocycles. The third-order valence-corrected chi connectivity index (χ3v) is 32.2. The van der Waals surface area contributed by atoms with Crippen LogP contribution in [0.15, 0.2) is 169 Å². The maximum absolute atomic E-state index is 14.3. The van der Waals surface area contributed by atoms with Crippen LogP contribution in [-0.2, 0) is 93.0 Å². The molecule has 0 radical (unpaired) electrons. The number of phosphoric acid groups is 6. The van der Waals surface area contributed by atoms with Gasteiger partial charge in [-0.1, -0.05) is 76.2 Å². The molecule has 4 aliphatic carbocycles. The van der Waals surface area contributed by atoms with Crippen molar-refractivity contribution in [3.8, 4) is 0 Å². The summed E-state index contributed by atoms with van der Waals surface area (Å²) < 4.78 is 123. The molecular weight excluding hydrogens is 2060 g/mol. The predicted octanol–water partition coefficient (Wildman–Crippen LogP) is 5.02. The average molecular weight is 2170 g/mol. The molecule has 52 nitrogen and oxygen atoms in total. The standard InChI is InChI=1S/2C45H57N10O16P3/c1-45(2)32-21-26(52(3)4)14-16-30(32)36(31-17-15-27(53(5)6)22-33(31)45)28-11-8-9-12-29(28)42(58)54(7)20-10-13-35(56)47-18-19-48-44(59)69-39-34(23-67-73(63,64)71-74(65,66)70-72(60,61)62)68-43(38(39)57)55-25-51-37-40(46)49-24-50-41(37)55;1-45(2)32-21-26(52(3)4)14-16-30(32)36(31-17-15-27(53(5)6)22-33(31)45)28-11-8-9-12-29(28)42(58)54(7)20-10-13-35(56)47-18-19-48-44(59)69-39-38(57)34(23-67-73(63,64)71-74(65,66)70-72(60,61)62)68-43(39)55-25-51-37-40(46)49-24-50-41(37)55/h2*8-9,11-12,14-17,21-22,24-25,34,38-39,43,57H,10,13,18-20,23H2,1-7H3,(H7-,46,47,48,49,50,56,59,60,61,62,63,64,65,66)/t2*34-,38-,39-,43-/m11/s1. The molecule has 14 rings (SSSR count). The largest absolute Gasteiger partial charge is 0.756 e. The number of nitrogens with two attached hydrogens (primary N) is 2. The lowest BCUT2D eigenvalue weighted by Gasteiger charge is -2.39. The molecule has 148 heavy (non-hydrogen) atoms. The van der Waals surface area contributed by atoms with Gasteiger partial charge in [0.2, 0.25) is 11.8 Å². The van der Waals surface area contributed by atoms with Gasteiger partial charge in [0.1, 0.15) is 76.3 Å². The van der Waals surface area contributed by atoms with E-state index in [-0.39, 0.29) is 121 Å². The number of carbonyl (C=O) groups is 6. The number of hydrogen-bond donors (Lipinski definition) is 14. The van der Waals surface area contributed by atoms with Crippen molar-refractivity contribution in [1.29, 1.82) is 0 Å². The van der Waals surface area contributed by atoms with Gasteiger partial charge in [0.25, 0.3) is 27.5 Å². The molecule has 6 aliphatic rings. The molecule has 58 heteroatoms. The van der Waals surface area contributed by atoms with E-state index >= 15 is 0 Å². The van der Waals surface area contributed by atoms with Crippen molar-refractivity contribution in [2.75, 3.05) is 144 Å². The number of aromatic nitrogens is 8. The molecular formula is C90H114N20O32P6. The van der Waals surface area contributed by atoms with Crippen molar-refractivity contribution in [2.45, 2.75) is 113 Å². The van der Waals surface area contributed by atoms with E-state index in [1.165, 1.54) is 15.5 Å². The highest BCUT2D eigenvalue weighted by atomic mass is 31.3. The van der Waals surface area contributed by atoms with E-state index in [0.717, 1.165) is 109 Å². The van der Waals surface area contributed by atoms with E-state index in [0.29, 0.717) is 24.0 Å². The SMILES string of the molecule is CN(CCCC(=O)NCCNC(=O)O[C@@H]1[C@H](O)[C@@H](COP(=O)(O)OP(=O)(O)OP(=O)([O-])O)O[C@H]1n1cnc2c(N)ncnc21)C(=O)c1ccccc1C1=C2C=CC(=[N+](C)C)C=C2C(C)(C)c2cc(N(C)C)ccc21.CN(CCCC(=O)NCCNC(=O)O[C@H]1[C@@H](O)[C@H](n2cnc3c(N)ncnc32)O[C@@H]1COP(=O)(O)OP(=O)(O)OP(=O)([O-])O)C(=O)c1ccccc1C1=C2C=CC(=[N+](C)C)C=C2C(C)(C)c2cc(N(C)C)ccc21. The number of alkyl carbamates (subject to hydrolysis) is 2. The molecule has 16 N–H and O–H groups in total. The van der Waals surface area contributed by atoms with Crippen LogP contribution >= 0.6 is 46.9 Å². The van der Waals surface area contributed by atoms with E-state index in [1.54, 1.807) is 23.9 Å². The van der Waals surface area contributed by atoms with E-state index in [1.807, 2.05) is 105 Å². The smallest absolute Gasteiger partial charge is 0.487 e. The highest BCUT2D eigenvalue weighted by Gasteiger charge is 2.53. The van der Waals surface area contributed by atoms with Gasteiger partial charge in [0, 0.05) is 152 Å². The Hall–Kier alpha value is -12.0. The number of fused-ring (bicyclic) bond motifs is 6. The summed E-state index contributed by atoms with van der Waals surface area (Å²) in [7, 11) is -15.7. The fourth-order valence-electron chi connectivity index (χ4n) is 17.4. The number of ether oxygens (including phenoxy) is 4. The Morgan fingerprint density at radius 3 is 1.27 bits per heavy atom. The second-order valence-corrected chi connectivity index (χ2v) is 45.3. The number of amides is 6. The number of nitrogens with one attached hydrogen (secondary N) is 4. The molecule has 4 aromatic heterocycles. The van der Waals surface area contributed by atoms with Gasteiger partial charge >= 0.3 is 43.5 Å². The van der Waals surface area contributed by atoms with Crippen LogP contribution in [0.1, 0.15) is 120 Å². The number of hydrogen-bond acceptors (Lipinski definition) is 36. The number of allylic oxidation sites excluding steroid dienone is 10. The van der Waals surface area contributed by atoms with Gasteiger partial charge in [0.15, 0.2) is 59.0 Å². The Balaban J connectivity index is 0.000000247. The van der Waals surface area contributed by atoms with Crippen molar-refractivity contribution in [3.05, 3.63) is 213 Å². The minimum Gasteiger partial charge on any atom is -0.756 e. The molecule has 2 saturated heterocycles. The summed E-state index contributed by atoms with van der Waals surface area (Å²) in [6, 6.07) is 27.9. The normalized spacial score (nSPS) is 21.4. The molecule has 6 heterocycles. The summed E-state index contributed by atoms with van der Waals surface area (Å²) in [6.07, 6.45) is 2.48. The minimum absolute atomic E-state index is 0.0278. The molecule has 796 valence electrons. The van der Waals surface area contributed by atoms with Crippen LogP contribution in [0.5, 0.6) is 0 Å². The zero-order chi connectivity index (χ0) is 108. The summed E-state index contributed by atoms with van der Waals surface area (Å²) in [5, 5.41) is 32.7. The fraction of sp³-hybridized carbons (Fsp3) is 0.400. The van der Waals surface area contributed by atoms with Gasteiger partial charge in [-0.2, -0.15) is 8.62 Å². The first kappa shape index (κ1) is 113. The number of benzene rings is 4. The van der Waals surface area contributed by atoms with Crippen LogP contribution in [-0.4, -0.2) is 304 Å². The van der Waals surface area contributed by atoms with E-state index in [2.05, 4.69) is 192 Å². The third kappa shape index (κ3) is 26.7. The fourth-order valence-corrected chi connectivity index (χ4v) is 23.4. The van der Waals surface area contributed by atoms with Crippen molar-refractivity contribution in [2.24, 2.45) is 0 Å². The molecule has 14 atom stereocenters. The summed E-state index contributed by atoms with van der Waals surface area (Å²) in [5.74, 6) is -1.27. The number of nitrogens with zero attached hydrogens (tertiary/aromatic N) is 14. The molecule has 0 bridgehead atoms. The predicted molar refractivity (Wildman–Crippen MR) is 531 cm³/mol. The van der Waals surface area contributed by atoms with Crippen LogP contribution in [0.3, 0.4) is 0 Å². The molecule has 6 amide bonds. The summed E-state index contributed by atoms with van der Waals surface area (Å²) in [5.41, 5.74) is 28.7. The Labute approximate surface area is 847 Å². The quantitative estimate of drug-likeness (QED) is 0.0137. The van der Waals surface area contributed by atoms with Gasteiger partial charge < -0.3 is 121 Å². The van der Waals surface area contributed by atoms with Gasteiger partial charge in [0.05, 0.1) is 25.9 Å². The first-order valence-corrected chi connectivity index (χ1v) is 54.5. The van der Waals surface area contributed by atoms with E-state index in [4.69, 9.17) is 44.7 Å². The van der Waals surface area contributed by atoms with Crippen LogP contribution in [0.25, 0.3) is 33.5 Å². The molecule has 6 unspecified atom stereocenters. The van der Waals surface area contributed by atoms with Gasteiger partial charge in [-0.05, 0) is 128 Å². The van der Waals surface area contributed by atoms with Crippen LogP contribution in [0.4, 0.5) is 32.6 Å². The van der Waals surface area contributed by atoms with Crippen molar-refractivity contribution < 1.29 is 160 Å². The minimum atomic E-state index is -5.95. The summed E-state index contributed by atoms with van der Waals surface area (Å²) in [6.45, 7) is 6.66. The lowest BCUT2D eigenvalue weighted by molar-refractivity contribution is -0.462. The van der Waals surface area contributed by atoms with Crippen molar-refractivity contribution in [3.63, 3.8) is 0 Å². The maximum atomic E-state index is 14.3. The second kappa shape index (κ2) is 45.8. The number of nitrogen functional groups attached to an aromatic ring is 2. The number of imidazole rings is 2. The Bertz CT molecular complexity index is 7080. The van der Waals surface area contributed by atoms with Crippen molar-refractivity contribution in [1.82, 2.24) is 70.1 Å². The number of carbonyl (C=O) groups excluding carboxylic acids is 6. The monoisotopic (exact) mass is 2170 g/mol. The molecule has 8 aromatic rings. The Morgan fingerprint density at radius 1 is 0.480 bits per heavy atom. The lowest BCUT2D eigenvalue weighted by atomic mass is 9.64. The number of rotatable bonds is 38. The first-order valence-electron chi connectivity index (χ1n) is 45.6. The number of aliphatic hydroxyl groups excluding tert-OH is 2. The molecule has 2 aliphatic heterocycles. The number of anilines is 4. The van der Waals surface area contributed by atoms with Crippen LogP contribution in [0, 0.1) is 0 Å².